The number of nitriles is 1. The van der Waals surface area contributed by atoms with E-state index in [1.54, 1.807) is 0 Å². The number of hydrogen-bond donors (Lipinski definition) is 2. The maximum absolute atomic E-state index is 12.4. The van der Waals surface area contributed by atoms with Crippen LogP contribution in [0.5, 0.6) is 11.5 Å². The van der Waals surface area contributed by atoms with E-state index in [4.69, 9.17) is 14.7 Å². The number of carbonyl (C=O) groups is 1. The topological polar surface area (TPSA) is 83.4 Å². The fourth-order valence-corrected chi connectivity index (χ4v) is 4.65. The number of halogens is 1. The van der Waals surface area contributed by atoms with Crippen LogP contribution in [-0.2, 0) is 11.2 Å². The Morgan fingerprint density at radius 2 is 2.03 bits per heavy atom. The fourth-order valence-electron chi connectivity index (χ4n) is 2.88. The fraction of sp³-hybridized carbons (Fsp3) is 0.273. The summed E-state index contributed by atoms with van der Waals surface area (Å²) in [5.74, 6) is 0.973. The minimum Gasteiger partial charge on any atom is -0.490 e. The lowest BCUT2D eigenvalue weighted by Crippen LogP contribution is -2.30. The van der Waals surface area contributed by atoms with Crippen LogP contribution in [0.25, 0.3) is 6.08 Å². The lowest BCUT2D eigenvalue weighted by atomic mass is 10.1. The molecule has 0 radical (unpaired) electrons. The standard InChI is InChI=1S/C22H22IN3O3S/c1-3-14-5-7-16(8-6-14)25-22-26-21(27)19(30-22)13-15-11-17(23)20(29-10-9-24)18(12-15)28-4-2/h5-8,11-13,22,25H,3-4,10H2,1-2H3,(H,26,27)/b19-13-/t22-/m1/s1. The zero-order valence-electron chi connectivity index (χ0n) is 16.7. The number of hydrogen-bond acceptors (Lipinski definition) is 6. The molecule has 1 fully saturated rings. The SMILES string of the molecule is CCOc1cc(/C=C2\S[C@H](Nc3ccc(CC)cc3)NC2=O)cc(I)c1OCC#N. The highest BCUT2D eigenvalue weighted by Gasteiger charge is 2.27. The van der Waals surface area contributed by atoms with Crippen molar-refractivity contribution in [3.05, 3.63) is 56.0 Å². The zero-order chi connectivity index (χ0) is 21.5. The third kappa shape index (κ3) is 5.61. The molecule has 1 saturated heterocycles. The molecule has 1 aliphatic rings. The van der Waals surface area contributed by atoms with Crippen molar-refractivity contribution < 1.29 is 14.3 Å². The summed E-state index contributed by atoms with van der Waals surface area (Å²) in [4.78, 5) is 13.1. The van der Waals surface area contributed by atoms with Crippen LogP contribution in [0, 0.1) is 14.9 Å². The number of amides is 1. The second-order valence-electron chi connectivity index (χ2n) is 6.38. The first-order chi connectivity index (χ1) is 14.5. The molecule has 1 amide bonds. The van der Waals surface area contributed by atoms with E-state index in [-0.39, 0.29) is 18.0 Å². The Bertz CT molecular complexity index is 986. The number of thioether (sulfide) groups is 1. The third-order valence-corrected chi connectivity index (χ3v) is 6.13. The molecule has 6 nitrogen and oxygen atoms in total. The summed E-state index contributed by atoms with van der Waals surface area (Å²) in [6, 6.07) is 13.9. The van der Waals surface area contributed by atoms with Crippen molar-refractivity contribution in [1.82, 2.24) is 5.32 Å². The molecule has 2 aromatic carbocycles. The molecule has 0 aromatic heterocycles. The van der Waals surface area contributed by atoms with Gasteiger partial charge < -0.3 is 20.1 Å². The van der Waals surface area contributed by atoms with Crippen LogP contribution < -0.4 is 20.1 Å². The molecule has 1 aliphatic heterocycles. The van der Waals surface area contributed by atoms with Gasteiger partial charge in [0.1, 0.15) is 6.07 Å². The van der Waals surface area contributed by atoms with E-state index in [0.717, 1.165) is 21.2 Å². The van der Waals surface area contributed by atoms with Crippen LogP contribution in [-0.4, -0.2) is 24.6 Å². The molecular weight excluding hydrogens is 513 g/mol. The van der Waals surface area contributed by atoms with Crippen LogP contribution >= 0.6 is 34.4 Å². The van der Waals surface area contributed by atoms with Gasteiger partial charge in [-0.25, -0.2) is 0 Å². The Morgan fingerprint density at radius 3 is 2.70 bits per heavy atom. The van der Waals surface area contributed by atoms with E-state index >= 15 is 0 Å². The number of ether oxygens (including phenoxy) is 2. The molecule has 0 saturated carbocycles. The third-order valence-electron chi connectivity index (χ3n) is 4.30. The van der Waals surface area contributed by atoms with Gasteiger partial charge in [-0.2, -0.15) is 5.26 Å². The summed E-state index contributed by atoms with van der Waals surface area (Å²) in [6.07, 6.45) is 2.82. The molecule has 2 aromatic rings. The van der Waals surface area contributed by atoms with Crippen LogP contribution in [0.2, 0.25) is 0 Å². The Kier molecular flexibility index (Phi) is 7.87. The predicted molar refractivity (Wildman–Crippen MR) is 128 cm³/mol. The first-order valence-corrected chi connectivity index (χ1v) is 11.5. The van der Waals surface area contributed by atoms with Gasteiger partial charge >= 0.3 is 0 Å². The van der Waals surface area contributed by atoms with E-state index in [9.17, 15) is 4.79 Å². The maximum Gasteiger partial charge on any atom is 0.260 e. The Hall–Kier alpha value is -2.38. The van der Waals surface area contributed by atoms with Crippen LogP contribution in [0.3, 0.4) is 0 Å². The van der Waals surface area contributed by atoms with Gasteiger partial charge in [0.2, 0.25) is 0 Å². The van der Waals surface area contributed by atoms with Crippen molar-refractivity contribution in [3.63, 3.8) is 0 Å². The maximum atomic E-state index is 12.4. The van der Waals surface area contributed by atoms with Crippen molar-refractivity contribution in [1.29, 1.82) is 5.26 Å². The number of aryl methyl sites for hydroxylation is 1. The summed E-state index contributed by atoms with van der Waals surface area (Å²) in [5.41, 5.74) is 2.82. The van der Waals surface area contributed by atoms with Crippen molar-refractivity contribution in [2.24, 2.45) is 0 Å². The summed E-state index contributed by atoms with van der Waals surface area (Å²) in [6.45, 7) is 4.42. The second-order valence-corrected chi connectivity index (χ2v) is 8.69. The Labute approximate surface area is 194 Å². The Morgan fingerprint density at radius 1 is 1.27 bits per heavy atom. The average molecular weight is 535 g/mol. The van der Waals surface area contributed by atoms with Gasteiger partial charge in [0, 0.05) is 5.69 Å². The molecule has 30 heavy (non-hydrogen) atoms. The molecule has 0 unspecified atom stereocenters. The van der Waals surface area contributed by atoms with Gasteiger partial charge in [0.05, 0.1) is 15.1 Å². The number of carbonyl (C=O) groups excluding carboxylic acids is 1. The molecule has 3 rings (SSSR count). The van der Waals surface area contributed by atoms with Crippen molar-refractivity contribution in [2.75, 3.05) is 18.5 Å². The normalized spacial score (nSPS) is 16.8. The average Bonchev–Trinajstić information content (AvgIpc) is 3.07. The van der Waals surface area contributed by atoms with E-state index in [1.807, 2.05) is 43.3 Å². The molecule has 2 N–H and O–H groups in total. The van der Waals surface area contributed by atoms with E-state index < -0.39 is 0 Å². The summed E-state index contributed by atoms with van der Waals surface area (Å²) < 4.78 is 12.0. The minimum absolute atomic E-state index is 0.0542. The predicted octanol–water partition coefficient (Wildman–Crippen LogP) is 4.75. The van der Waals surface area contributed by atoms with Gasteiger partial charge in [-0.3, -0.25) is 4.79 Å². The molecule has 1 atom stereocenters. The van der Waals surface area contributed by atoms with Crippen LogP contribution in [0.4, 0.5) is 5.69 Å². The van der Waals surface area contributed by atoms with E-state index in [2.05, 4.69) is 52.3 Å². The second kappa shape index (κ2) is 10.6. The van der Waals surface area contributed by atoms with Gasteiger partial charge in [-0.05, 0) is 77.4 Å². The van der Waals surface area contributed by atoms with Crippen molar-refractivity contribution in [2.45, 2.75) is 25.8 Å². The summed E-state index contributed by atoms with van der Waals surface area (Å²) in [5, 5.41) is 15.1. The quantitative estimate of drug-likeness (QED) is 0.375. The zero-order valence-corrected chi connectivity index (χ0v) is 19.7. The molecule has 0 spiro atoms. The monoisotopic (exact) mass is 535 g/mol. The summed E-state index contributed by atoms with van der Waals surface area (Å²) in [7, 11) is 0. The first kappa shape index (κ1) is 22.3. The molecular formula is C22H22IN3O3S. The highest BCUT2D eigenvalue weighted by molar-refractivity contribution is 14.1. The van der Waals surface area contributed by atoms with E-state index in [0.29, 0.717) is 23.0 Å². The van der Waals surface area contributed by atoms with Crippen molar-refractivity contribution >= 4 is 52.0 Å². The lowest BCUT2D eigenvalue weighted by molar-refractivity contribution is -0.116. The van der Waals surface area contributed by atoms with E-state index in [1.165, 1.54) is 17.3 Å². The highest BCUT2D eigenvalue weighted by atomic mass is 127. The first-order valence-electron chi connectivity index (χ1n) is 9.54. The van der Waals surface area contributed by atoms with Crippen molar-refractivity contribution in [3.8, 4) is 17.6 Å². The van der Waals surface area contributed by atoms with Gasteiger partial charge in [0.15, 0.2) is 23.6 Å². The van der Waals surface area contributed by atoms with Gasteiger partial charge in [-0.15, -0.1) is 0 Å². The minimum atomic E-state index is -0.236. The van der Waals surface area contributed by atoms with Gasteiger partial charge in [-0.1, -0.05) is 30.8 Å². The number of anilines is 1. The highest BCUT2D eigenvalue weighted by Crippen LogP contribution is 2.36. The molecule has 8 heteroatoms. The lowest BCUT2D eigenvalue weighted by Gasteiger charge is -2.13. The Balaban J connectivity index is 1.77. The smallest absolute Gasteiger partial charge is 0.260 e. The number of rotatable bonds is 8. The van der Waals surface area contributed by atoms with Gasteiger partial charge in [0.25, 0.3) is 5.91 Å². The van der Waals surface area contributed by atoms with Crippen LogP contribution in [0.15, 0.2) is 41.3 Å². The number of benzene rings is 2. The molecule has 0 bridgehead atoms. The van der Waals surface area contributed by atoms with Crippen LogP contribution in [0.1, 0.15) is 25.0 Å². The number of nitrogens with one attached hydrogen (secondary N) is 2. The molecule has 0 aliphatic carbocycles. The summed E-state index contributed by atoms with van der Waals surface area (Å²) >= 11 is 3.58. The molecule has 156 valence electrons. The number of nitrogens with zero attached hydrogens (tertiary/aromatic N) is 1. The molecule has 1 heterocycles. The largest absolute Gasteiger partial charge is 0.490 e.